The highest BCUT2D eigenvalue weighted by atomic mass is 16.5. The van der Waals surface area contributed by atoms with Crippen LogP contribution in [0.4, 0.5) is 0 Å². The molecular formula is C17H18N2O3. The van der Waals surface area contributed by atoms with E-state index in [0.29, 0.717) is 31.0 Å². The molecule has 1 atom stereocenters. The van der Waals surface area contributed by atoms with Gasteiger partial charge in [-0.05, 0) is 18.1 Å². The number of rotatable bonds is 4. The quantitative estimate of drug-likeness (QED) is 0.812. The van der Waals surface area contributed by atoms with Crippen LogP contribution in [0.25, 0.3) is 5.70 Å². The Kier molecular flexibility index (Phi) is 3.96. The first-order chi connectivity index (χ1) is 10.7. The zero-order chi connectivity index (χ0) is 15.5. The predicted octanol–water partition coefficient (Wildman–Crippen LogP) is 2.64. The van der Waals surface area contributed by atoms with Crippen molar-refractivity contribution in [1.82, 2.24) is 10.1 Å². The molecule has 5 heteroatoms. The van der Waals surface area contributed by atoms with Crippen molar-refractivity contribution in [2.24, 2.45) is 0 Å². The Labute approximate surface area is 129 Å². The average Bonchev–Trinajstić information content (AvgIpc) is 3.07. The van der Waals surface area contributed by atoms with Gasteiger partial charge in [0, 0.05) is 19.0 Å². The predicted molar refractivity (Wildman–Crippen MR) is 81.6 cm³/mol. The average molecular weight is 298 g/mol. The lowest BCUT2D eigenvalue weighted by Crippen LogP contribution is -2.45. The van der Waals surface area contributed by atoms with Gasteiger partial charge in [0.25, 0.3) is 0 Å². The van der Waals surface area contributed by atoms with E-state index >= 15 is 0 Å². The zero-order valence-corrected chi connectivity index (χ0v) is 12.5. The molecule has 1 aromatic heterocycles. The second-order valence-corrected chi connectivity index (χ2v) is 5.20. The van der Waals surface area contributed by atoms with Crippen LogP contribution in [0.15, 0.2) is 47.7 Å². The minimum atomic E-state index is -0.390. The van der Waals surface area contributed by atoms with Gasteiger partial charge in [0.2, 0.25) is 0 Å². The maximum Gasteiger partial charge on any atom is 0.329 e. The molecule has 1 aliphatic heterocycles. The first kappa shape index (κ1) is 14.4. The molecule has 1 aliphatic rings. The maximum atomic E-state index is 12.3. The number of nitrogens with zero attached hydrogens (tertiary/aromatic N) is 2. The van der Waals surface area contributed by atoms with E-state index in [0.717, 1.165) is 0 Å². The third-order valence-electron chi connectivity index (χ3n) is 3.89. The molecule has 0 N–H and O–H groups in total. The number of hydrogen-bond donors (Lipinski definition) is 0. The third-order valence-corrected chi connectivity index (χ3v) is 3.89. The Morgan fingerprint density at radius 1 is 1.41 bits per heavy atom. The Hall–Kier alpha value is -2.56. The van der Waals surface area contributed by atoms with Gasteiger partial charge in [0.15, 0.2) is 0 Å². The van der Waals surface area contributed by atoms with Gasteiger partial charge in [-0.15, -0.1) is 0 Å². The molecule has 0 spiro atoms. The van der Waals surface area contributed by atoms with Crippen LogP contribution in [0.2, 0.25) is 0 Å². The van der Waals surface area contributed by atoms with Crippen LogP contribution < -0.4 is 0 Å². The highest BCUT2D eigenvalue weighted by Crippen LogP contribution is 2.30. The van der Waals surface area contributed by atoms with Crippen LogP contribution in [0.5, 0.6) is 0 Å². The molecular weight excluding hydrogens is 280 g/mol. The fourth-order valence-electron chi connectivity index (χ4n) is 2.76. The van der Waals surface area contributed by atoms with E-state index in [4.69, 9.17) is 9.26 Å². The summed E-state index contributed by atoms with van der Waals surface area (Å²) in [5.74, 6) is -0.235. The standard InChI is InChI=1S/C17H18N2O3/c1-3-21-17(20)16-10-13-6-4-5-7-14(13)11-19(16)12(2)15-8-9-22-18-15/h4-9,16H,2-3,10-11H2,1H3. The Morgan fingerprint density at radius 3 is 2.86 bits per heavy atom. The summed E-state index contributed by atoms with van der Waals surface area (Å²) >= 11 is 0. The molecule has 5 nitrogen and oxygen atoms in total. The fraction of sp³-hybridized carbons (Fsp3) is 0.294. The summed E-state index contributed by atoms with van der Waals surface area (Å²) in [6.07, 6.45) is 2.10. The van der Waals surface area contributed by atoms with Crippen molar-refractivity contribution in [3.05, 3.63) is 60.0 Å². The normalized spacial score (nSPS) is 17.0. The molecule has 0 aliphatic carbocycles. The summed E-state index contributed by atoms with van der Waals surface area (Å²) in [5, 5.41) is 3.92. The van der Waals surface area contributed by atoms with Crippen molar-refractivity contribution in [3.8, 4) is 0 Å². The van der Waals surface area contributed by atoms with Gasteiger partial charge in [-0.25, -0.2) is 4.79 Å². The molecule has 0 saturated carbocycles. The van der Waals surface area contributed by atoms with E-state index in [1.807, 2.05) is 24.0 Å². The monoisotopic (exact) mass is 298 g/mol. The van der Waals surface area contributed by atoms with Crippen LogP contribution in [0, 0.1) is 0 Å². The number of fused-ring (bicyclic) bond motifs is 1. The number of aromatic nitrogens is 1. The molecule has 2 heterocycles. The van der Waals surface area contributed by atoms with Crippen LogP contribution in [0.3, 0.4) is 0 Å². The van der Waals surface area contributed by atoms with Gasteiger partial charge in [-0.2, -0.15) is 0 Å². The Bertz CT molecular complexity index is 679. The fourth-order valence-corrected chi connectivity index (χ4v) is 2.76. The van der Waals surface area contributed by atoms with Crippen molar-refractivity contribution in [2.75, 3.05) is 6.61 Å². The number of ether oxygens (including phenoxy) is 1. The summed E-state index contributed by atoms with van der Waals surface area (Å²) in [7, 11) is 0. The van der Waals surface area contributed by atoms with Crippen molar-refractivity contribution in [3.63, 3.8) is 0 Å². The van der Waals surface area contributed by atoms with E-state index < -0.39 is 0 Å². The van der Waals surface area contributed by atoms with Crippen molar-refractivity contribution >= 4 is 11.7 Å². The highest BCUT2D eigenvalue weighted by Gasteiger charge is 2.34. The lowest BCUT2D eigenvalue weighted by molar-refractivity contribution is -0.148. The summed E-state index contributed by atoms with van der Waals surface area (Å²) in [6.45, 7) is 6.86. The molecule has 1 unspecified atom stereocenters. The topological polar surface area (TPSA) is 55.6 Å². The van der Waals surface area contributed by atoms with E-state index in [1.165, 1.54) is 17.4 Å². The minimum Gasteiger partial charge on any atom is -0.464 e. The Morgan fingerprint density at radius 2 is 2.18 bits per heavy atom. The largest absolute Gasteiger partial charge is 0.464 e. The van der Waals surface area contributed by atoms with Crippen molar-refractivity contribution in [1.29, 1.82) is 0 Å². The van der Waals surface area contributed by atoms with E-state index in [1.54, 1.807) is 6.07 Å². The molecule has 0 fully saturated rings. The molecule has 3 rings (SSSR count). The maximum absolute atomic E-state index is 12.3. The van der Waals surface area contributed by atoms with Crippen LogP contribution in [-0.2, 0) is 22.5 Å². The lowest BCUT2D eigenvalue weighted by Gasteiger charge is -2.37. The number of carbonyl (C=O) groups excluding carboxylic acids is 1. The summed E-state index contributed by atoms with van der Waals surface area (Å²) in [4.78, 5) is 14.3. The van der Waals surface area contributed by atoms with E-state index in [-0.39, 0.29) is 12.0 Å². The molecule has 1 aromatic carbocycles. The van der Waals surface area contributed by atoms with Gasteiger partial charge >= 0.3 is 5.97 Å². The molecule has 0 bridgehead atoms. The second-order valence-electron chi connectivity index (χ2n) is 5.20. The molecule has 114 valence electrons. The van der Waals surface area contributed by atoms with Gasteiger partial charge in [0.05, 0.1) is 12.3 Å². The van der Waals surface area contributed by atoms with Gasteiger partial charge in [-0.3, -0.25) is 0 Å². The summed E-state index contributed by atoms with van der Waals surface area (Å²) in [6, 6.07) is 9.46. The number of benzene rings is 1. The summed E-state index contributed by atoms with van der Waals surface area (Å²) < 4.78 is 10.1. The molecule has 2 aromatic rings. The molecule has 0 saturated heterocycles. The van der Waals surface area contributed by atoms with Crippen LogP contribution in [0.1, 0.15) is 23.7 Å². The van der Waals surface area contributed by atoms with Crippen LogP contribution in [-0.4, -0.2) is 28.7 Å². The smallest absolute Gasteiger partial charge is 0.329 e. The molecule has 0 amide bonds. The number of carbonyl (C=O) groups is 1. The van der Waals surface area contributed by atoms with Gasteiger partial charge in [0.1, 0.15) is 18.0 Å². The number of hydrogen-bond acceptors (Lipinski definition) is 5. The first-order valence-corrected chi connectivity index (χ1v) is 7.30. The third kappa shape index (κ3) is 2.62. The number of esters is 1. The first-order valence-electron chi connectivity index (χ1n) is 7.30. The van der Waals surface area contributed by atoms with Gasteiger partial charge < -0.3 is 14.2 Å². The SMILES string of the molecule is C=C(c1ccon1)N1Cc2ccccc2CC1C(=O)OCC. The van der Waals surface area contributed by atoms with Crippen molar-refractivity contribution in [2.45, 2.75) is 25.9 Å². The van der Waals surface area contributed by atoms with E-state index in [9.17, 15) is 4.79 Å². The van der Waals surface area contributed by atoms with E-state index in [2.05, 4.69) is 23.9 Å². The highest BCUT2D eigenvalue weighted by molar-refractivity contribution is 5.79. The van der Waals surface area contributed by atoms with Crippen molar-refractivity contribution < 1.29 is 14.1 Å². The second kappa shape index (κ2) is 6.05. The van der Waals surface area contributed by atoms with Gasteiger partial charge in [-0.1, -0.05) is 36.0 Å². The molecule has 22 heavy (non-hydrogen) atoms. The Balaban J connectivity index is 1.94. The minimum absolute atomic E-state index is 0.235. The zero-order valence-electron chi connectivity index (χ0n) is 12.5. The lowest BCUT2D eigenvalue weighted by atomic mass is 9.93. The molecule has 0 radical (unpaired) electrons. The summed E-state index contributed by atoms with van der Waals surface area (Å²) in [5.41, 5.74) is 3.66. The van der Waals surface area contributed by atoms with Crippen LogP contribution >= 0.6 is 0 Å².